The quantitative estimate of drug-likeness (QED) is 0.562. The Morgan fingerprint density at radius 3 is 2.67 bits per heavy atom. The number of carbonyl (C=O) groups excluding carboxylic acids is 1. The van der Waals surface area contributed by atoms with Crippen molar-refractivity contribution in [2.45, 2.75) is 51.1 Å². The van der Waals surface area contributed by atoms with Gasteiger partial charge in [0.05, 0.1) is 12.2 Å². The predicted octanol–water partition coefficient (Wildman–Crippen LogP) is 4.52. The van der Waals surface area contributed by atoms with E-state index >= 15 is 0 Å². The molecule has 5 rings (SSSR count). The van der Waals surface area contributed by atoms with Gasteiger partial charge in [-0.05, 0) is 43.2 Å². The van der Waals surface area contributed by atoms with Gasteiger partial charge in [0.15, 0.2) is 11.7 Å². The minimum atomic E-state index is -0.246. The highest BCUT2D eigenvalue weighted by Crippen LogP contribution is 2.34. The van der Waals surface area contributed by atoms with E-state index in [2.05, 4.69) is 20.9 Å². The summed E-state index contributed by atoms with van der Waals surface area (Å²) in [4.78, 5) is 23.8. The molecule has 1 saturated heterocycles. The monoisotopic (exact) mass is 407 g/mol. The van der Waals surface area contributed by atoms with Gasteiger partial charge in [-0.1, -0.05) is 12.1 Å². The van der Waals surface area contributed by atoms with Gasteiger partial charge in [0, 0.05) is 54.7 Å². The number of aromatic nitrogens is 2. The van der Waals surface area contributed by atoms with Gasteiger partial charge in [-0.3, -0.25) is 14.7 Å². The minimum Gasteiger partial charge on any atom is -0.441 e. The maximum absolute atomic E-state index is 12.9. The Bertz CT molecular complexity index is 1070. The first kappa shape index (κ1) is 19.4. The first-order chi connectivity index (χ1) is 14.6. The van der Waals surface area contributed by atoms with Crippen molar-refractivity contribution >= 4 is 16.6 Å². The van der Waals surface area contributed by atoms with E-state index in [4.69, 9.17) is 4.42 Å². The normalized spacial score (nSPS) is 26.1. The van der Waals surface area contributed by atoms with Crippen LogP contribution in [0.4, 0.5) is 4.39 Å². The molecule has 0 N–H and O–H groups in total. The van der Waals surface area contributed by atoms with E-state index in [1.807, 2.05) is 31.3 Å². The zero-order valence-corrected chi connectivity index (χ0v) is 17.2. The Labute approximate surface area is 175 Å². The van der Waals surface area contributed by atoms with E-state index in [0.29, 0.717) is 18.4 Å². The highest BCUT2D eigenvalue weighted by Gasteiger charge is 2.41. The minimum absolute atomic E-state index is 0.103. The van der Waals surface area contributed by atoms with Gasteiger partial charge in [0.1, 0.15) is 12.5 Å². The zero-order chi connectivity index (χ0) is 20.7. The average Bonchev–Trinajstić information content (AvgIpc) is 3.44. The van der Waals surface area contributed by atoms with Crippen molar-refractivity contribution in [2.24, 2.45) is 5.92 Å². The van der Waals surface area contributed by atoms with Gasteiger partial charge >= 0.3 is 0 Å². The lowest BCUT2D eigenvalue weighted by Gasteiger charge is -2.29. The SMILES string of the molecule is Cc1ncc(-c2ccc3cnc(CC(=O)C4CCC(N5CC5CF)CC4)cc3c2)o1. The van der Waals surface area contributed by atoms with E-state index in [-0.39, 0.29) is 24.4 Å². The molecule has 30 heavy (non-hydrogen) atoms. The van der Waals surface area contributed by atoms with Crippen LogP contribution >= 0.6 is 0 Å². The molecule has 2 aromatic heterocycles. The van der Waals surface area contributed by atoms with Crippen LogP contribution in [-0.2, 0) is 11.2 Å². The predicted molar refractivity (Wildman–Crippen MR) is 113 cm³/mol. The summed E-state index contributed by atoms with van der Waals surface area (Å²) < 4.78 is 18.4. The van der Waals surface area contributed by atoms with Gasteiger partial charge in [0.25, 0.3) is 0 Å². The second-order valence-electron chi connectivity index (χ2n) is 8.63. The molecule has 6 heteroatoms. The Balaban J connectivity index is 1.25. The number of fused-ring (bicyclic) bond motifs is 1. The maximum Gasteiger partial charge on any atom is 0.191 e. The second-order valence-corrected chi connectivity index (χ2v) is 8.63. The number of nitrogens with zero attached hydrogens (tertiary/aromatic N) is 3. The summed E-state index contributed by atoms with van der Waals surface area (Å²) in [5, 5.41) is 2.08. The van der Waals surface area contributed by atoms with Gasteiger partial charge < -0.3 is 4.42 Å². The summed E-state index contributed by atoms with van der Waals surface area (Å²) in [5.74, 6) is 1.75. The number of ketones is 1. The van der Waals surface area contributed by atoms with Crippen LogP contribution in [0.15, 0.2) is 41.1 Å². The average molecular weight is 407 g/mol. The molecule has 2 unspecified atom stereocenters. The van der Waals surface area contributed by atoms with E-state index in [0.717, 1.165) is 60.0 Å². The maximum atomic E-state index is 12.9. The van der Waals surface area contributed by atoms with Crippen LogP contribution in [0, 0.1) is 12.8 Å². The lowest BCUT2D eigenvalue weighted by Crippen LogP contribution is -2.31. The fourth-order valence-electron chi connectivity index (χ4n) is 4.76. The van der Waals surface area contributed by atoms with Crippen LogP contribution in [-0.4, -0.2) is 46.0 Å². The molecule has 2 atom stereocenters. The molecule has 0 bridgehead atoms. The highest BCUT2D eigenvalue weighted by atomic mass is 19.1. The standard InChI is InChI=1S/C24H26FN3O2/c1-15-26-13-24(30-15)17-2-3-18-12-27-20(9-19(18)8-17)10-23(29)16-4-6-21(7-5-16)28-14-22(28)11-25/h2-3,8-9,12-13,16,21-22H,4-7,10-11,14H2,1H3. The summed E-state index contributed by atoms with van der Waals surface area (Å²) in [6.07, 6.45) is 7.74. The highest BCUT2D eigenvalue weighted by molar-refractivity contribution is 5.88. The van der Waals surface area contributed by atoms with E-state index in [1.54, 1.807) is 6.20 Å². The fourth-order valence-corrected chi connectivity index (χ4v) is 4.76. The number of benzene rings is 1. The van der Waals surface area contributed by atoms with Gasteiger partial charge in [0.2, 0.25) is 0 Å². The molecule has 0 radical (unpaired) electrons. The van der Waals surface area contributed by atoms with Gasteiger partial charge in [-0.2, -0.15) is 0 Å². The van der Waals surface area contributed by atoms with Crippen molar-refractivity contribution in [3.8, 4) is 11.3 Å². The molecule has 3 heterocycles. The molecule has 5 nitrogen and oxygen atoms in total. The van der Waals surface area contributed by atoms with Crippen LogP contribution in [0.3, 0.4) is 0 Å². The Morgan fingerprint density at radius 1 is 1.13 bits per heavy atom. The first-order valence-corrected chi connectivity index (χ1v) is 10.8. The summed E-state index contributed by atoms with van der Waals surface area (Å²) in [6, 6.07) is 8.67. The number of pyridine rings is 1. The van der Waals surface area contributed by atoms with Gasteiger partial charge in [-0.25, -0.2) is 9.37 Å². The molecule has 1 aliphatic heterocycles. The zero-order valence-electron chi connectivity index (χ0n) is 17.2. The number of aryl methyl sites for hydroxylation is 1. The van der Waals surface area contributed by atoms with Crippen molar-refractivity contribution < 1.29 is 13.6 Å². The third kappa shape index (κ3) is 3.88. The summed E-state index contributed by atoms with van der Waals surface area (Å²) in [5.41, 5.74) is 1.77. The molecule has 2 fully saturated rings. The van der Waals surface area contributed by atoms with Crippen LogP contribution in [0.25, 0.3) is 22.1 Å². The summed E-state index contributed by atoms with van der Waals surface area (Å²) in [7, 11) is 0. The summed E-state index contributed by atoms with van der Waals surface area (Å²) in [6.45, 7) is 2.47. The number of alkyl halides is 1. The van der Waals surface area contributed by atoms with Crippen molar-refractivity contribution in [1.82, 2.24) is 14.9 Å². The van der Waals surface area contributed by atoms with E-state index in [1.165, 1.54) is 0 Å². The topological polar surface area (TPSA) is 59.0 Å². The van der Waals surface area contributed by atoms with E-state index < -0.39 is 0 Å². The molecule has 1 saturated carbocycles. The fraction of sp³-hybridized carbons (Fsp3) is 0.458. The van der Waals surface area contributed by atoms with Crippen molar-refractivity contribution in [3.63, 3.8) is 0 Å². The smallest absolute Gasteiger partial charge is 0.191 e. The molecule has 1 aliphatic carbocycles. The second kappa shape index (κ2) is 7.91. The van der Waals surface area contributed by atoms with Crippen LogP contribution in [0.1, 0.15) is 37.3 Å². The Hall–Kier alpha value is -2.60. The number of hydrogen-bond donors (Lipinski definition) is 0. The third-order valence-electron chi connectivity index (χ3n) is 6.60. The number of oxazole rings is 1. The van der Waals surface area contributed by atoms with Crippen LogP contribution < -0.4 is 0 Å². The van der Waals surface area contributed by atoms with Crippen LogP contribution in [0.2, 0.25) is 0 Å². The lowest BCUT2D eigenvalue weighted by molar-refractivity contribution is -0.123. The number of rotatable bonds is 6. The number of hydrogen-bond acceptors (Lipinski definition) is 5. The van der Waals surface area contributed by atoms with Crippen molar-refractivity contribution in [1.29, 1.82) is 0 Å². The number of Topliss-reactive ketones (excluding diaryl/α,β-unsaturated/α-hetero) is 1. The molecule has 156 valence electrons. The van der Waals surface area contributed by atoms with Crippen LogP contribution in [0.5, 0.6) is 0 Å². The van der Waals surface area contributed by atoms with Gasteiger partial charge in [-0.15, -0.1) is 0 Å². The Morgan fingerprint density at radius 2 is 1.97 bits per heavy atom. The first-order valence-electron chi connectivity index (χ1n) is 10.8. The number of carbonyl (C=O) groups is 1. The van der Waals surface area contributed by atoms with Crippen molar-refractivity contribution in [3.05, 3.63) is 48.2 Å². The molecule has 0 amide bonds. The summed E-state index contributed by atoms with van der Waals surface area (Å²) >= 11 is 0. The lowest BCUT2D eigenvalue weighted by atomic mass is 9.82. The molecular weight excluding hydrogens is 381 g/mol. The van der Waals surface area contributed by atoms with E-state index in [9.17, 15) is 9.18 Å². The molecule has 3 aromatic rings. The number of halogens is 1. The van der Waals surface area contributed by atoms with Crippen molar-refractivity contribution in [2.75, 3.05) is 13.2 Å². The third-order valence-corrected chi connectivity index (χ3v) is 6.60. The molecular formula is C24H26FN3O2. The molecule has 2 aliphatic rings. The largest absolute Gasteiger partial charge is 0.441 e. The Kier molecular flexibility index (Phi) is 5.11. The molecule has 0 spiro atoms. The molecule has 1 aromatic carbocycles.